The third-order valence-corrected chi connectivity index (χ3v) is 5.68. The maximum atomic E-state index is 5.91. The molecule has 1 aromatic heterocycles. The summed E-state index contributed by atoms with van der Waals surface area (Å²) < 4.78 is 17.6. The lowest BCUT2D eigenvalue weighted by Gasteiger charge is -2.25. The Morgan fingerprint density at radius 1 is 0.719 bits per heavy atom. The molecule has 1 aliphatic rings. The van der Waals surface area contributed by atoms with Crippen molar-refractivity contribution in [2.75, 3.05) is 56.9 Å². The van der Waals surface area contributed by atoms with Crippen molar-refractivity contribution in [2.24, 2.45) is 0 Å². The van der Waals surface area contributed by atoms with Gasteiger partial charge in [0.15, 0.2) is 0 Å². The highest BCUT2D eigenvalue weighted by atomic mass is 16.5. The molecular formula is C24H45N5O3. The SMILES string of the molecule is CCCCOCN(C)c1nc(C2CCCC2)nc(N(COCCCC)COCCCC)n1. The summed E-state index contributed by atoms with van der Waals surface area (Å²) in [5.74, 6) is 2.56. The number of aromatic nitrogens is 3. The zero-order valence-electron chi connectivity index (χ0n) is 20.9. The maximum Gasteiger partial charge on any atom is 0.234 e. The fourth-order valence-corrected chi connectivity index (χ4v) is 3.55. The van der Waals surface area contributed by atoms with E-state index in [0.29, 0.717) is 38.0 Å². The Labute approximate surface area is 195 Å². The maximum absolute atomic E-state index is 5.91. The van der Waals surface area contributed by atoms with Crippen LogP contribution in [0.2, 0.25) is 0 Å². The second kappa shape index (κ2) is 16.2. The first-order chi connectivity index (χ1) is 15.7. The fourth-order valence-electron chi connectivity index (χ4n) is 3.55. The lowest BCUT2D eigenvalue weighted by Crippen LogP contribution is -2.33. The first kappa shape index (κ1) is 26.7. The fraction of sp³-hybridized carbons (Fsp3) is 0.875. The lowest BCUT2D eigenvalue weighted by molar-refractivity contribution is 0.0811. The molecule has 8 nitrogen and oxygen atoms in total. The predicted molar refractivity (Wildman–Crippen MR) is 129 cm³/mol. The van der Waals surface area contributed by atoms with Gasteiger partial charge in [0.25, 0.3) is 0 Å². The van der Waals surface area contributed by atoms with E-state index in [1.807, 2.05) is 16.8 Å². The summed E-state index contributed by atoms with van der Waals surface area (Å²) in [6.07, 6.45) is 11.2. The van der Waals surface area contributed by atoms with Gasteiger partial charge in [-0.25, -0.2) is 0 Å². The van der Waals surface area contributed by atoms with Gasteiger partial charge in [0.2, 0.25) is 11.9 Å². The topological polar surface area (TPSA) is 72.8 Å². The Morgan fingerprint density at radius 3 is 1.75 bits per heavy atom. The third-order valence-electron chi connectivity index (χ3n) is 5.68. The molecule has 0 unspecified atom stereocenters. The van der Waals surface area contributed by atoms with E-state index in [1.165, 1.54) is 12.8 Å². The molecule has 0 radical (unpaired) electrons. The molecule has 8 heteroatoms. The monoisotopic (exact) mass is 451 g/mol. The molecule has 0 aliphatic heterocycles. The van der Waals surface area contributed by atoms with Crippen molar-refractivity contribution in [3.63, 3.8) is 0 Å². The highest BCUT2D eigenvalue weighted by Crippen LogP contribution is 2.33. The van der Waals surface area contributed by atoms with E-state index in [1.54, 1.807) is 0 Å². The largest absolute Gasteiger partial charge is 0.361 e. The highest BCUT2D eigenvalue weighted by Gasteiger charge is 2.24. The third kappa shape index (κ3) is 9.55. The first-order valence-electron chi connectivity index (χ1n) is 12.6. The van der Waals surface area contributed by atoms with Crippen LogP contribution in [0.4, 0.5) is 11.9 Å². The van der Waals surface area contributed by atoms with Crippen molar-refractivity contribution < 1.29 is 14.2 Å². The molecule has 0 amide bonds. The number of ether oxygens (including phenoxy) is 3. The minimum absolute atomic E-state index is 0.397. The summed E-state index contributed by atoms with van der Waals surface area (Å²) in [4.78, 5) is 18.5. The van der Waals surface area contributed by atoms with Crippen LogP contribution in [0.3, 0.4) is 0 Å². The van der Waals surface area contributed by atoms with E-state index >= 15 is 0 Å². The van der Waals surface area contributed by atoms with Gasteiger partial charge in [-0.1, -0.05) is 52.9 Å². The van der Waals surface area contributed by atoms with Crippen molar-refractivity contribution in [2.45, 2.75) is 90.9 Å². The van der Waals surface area contributed by atoms with Crippen LogP contribution in [-0.4, -0.2) is 62.0 Å². The molecule has 0 spiro atoms. The number of anilines is 2. The molecule has 0 bridgehead atoms. The van der Waals surface area contributed by atoms with Crippen molar-refractivity contribution in [1.29, 1.82) is 0 Å². The second-order valence-electron chi connectivity index (χ2n) is 8.69. The van der Waals surface area contributed by atoms with Gasteiger partial charge in [-0.15, -0.1) is 0 Å². The van der Waals surface area contributed by atoms with Crippen molar-refractivity contribution in [1.82, 2.24) is 15.0 Å². The molecule has 1 fully saturated rings. The zero-order valence-corrected chi connectivity index (χ0v) is 20.9. The van der Waals surface area contributed by atoms with Gasteiger partial charge in [-0.05, 0) is 32.1 Å². The van der Waals surface area contributed by atoms with E-state index in [0.717, 1.165) is 77.0 Å². The zero-order chi connectivity index (χ0) is 23.0. The minimum atomic E-state index is 0.397. The van der Waals surface area contributed by atoms with Crippen LogP contribution in [0.15, 0.2) is 0 Å². The van der Waals surface area contributed by atoms with Gasteiger partial charge in [0.05, 0.1) is 0 Å². The Bertz CT molecular complexity index is 601. The average molecular weight is 452 g/mol. The van der Waals surface area contributed by atoms with Gasteiger partial charge < -0.3 is 19.1 Å². The summed E-state index contributed by atoms with van der Waals surface area (Å²) >= 11 is 0. The van der Waals surface area contributed by atoms with Gasteiger partial charge in [-0.3, -0.25) is 4.90 Å². The molecule has 32 heavy (non-hydrogen) atoms. The Morgan fingerprint density at radius 2 is 1.22 bits per heavy atom. The molecule has 2 rings (SSSR count). The lowest BCUT2D eigenvalue weighted by atomic mass is 10.1. The van der Waals surface area contributed by atoms with Crippen LogP contribution in [0.25, 0.3) is 0 Å². The number of hydrogen-bond donors (Lipinski definition) is 0. The molecule has 1 saturated carbocycles. The van der Waals surface area contributed by atoms with Gasteiger partial charge in [0, 0.05) is 32.8 Å². The van der Waals surface area contributed by atoms with E-state index in [4.69, 9.17) is 29.2 Å². The summed E-state index contributed by atoms with van der Waals surface area (Å²) in [6.45, 7) is 9.98. The van der Waals surface area contributed by atoms with Crippen LogP contribution in [0.1, 0.15) is 96.7 Å². The normalized spacial score (nSPS) is 14.2. The molecule has 1 aliphatic carbocycles. The summed E-state index contributed by atoms with van der Waals surface area (Å²) in [6, 6.07) is 0. The smallest absolute Gasteiger partial charge is 0.234 e. The summed E-state index contributed by atoms with van der Waals surface area (Å²) in [5.41, 5.74) is 0. The van der Waals surface area contributed by atoms with Crippen LogP contribution < -0.4 is 9.80 Å². The molecule has 0 N–H and O–H groups in total. The van der Waals surface area contributed by atoms with Crippen LogP contribution in [-0.2, 0) is 14.2 Å². The second-order valence-corrected chi connectivity index (χ2v) is 8.69. The van der Waals surface area contributed by atoms with Crippen LogP contribution in [0.5, 0.6) is 0 Å². The van der Waals surface area contributed by atoms with Gasteiger partial charge in [0.1, 0.15) is 26.0 Å². The molecule has 1 heterocycles. The number of rotatable bonds is 18. The number of nitrogens with zero attached hydrogens (tertiary/aromatic N) is 5. The predicted octanol–water partition coefficient (Wildman–Crippen LogP) is 5.09. The average Bonchev–Trinajstić information content (AvgIpc) is 3.35. The Balaban J connectivity index is 2.18. The quantitative estimate of drug-likeness (QED) is 0.226. The number of hydrogen-bond acceptors (Lipinski definition) is 8. The molecule has 1 aromatic rings. The Hall–Kier alpha value is -1.51. The van der Waals surface area contributed by atoms with Crippen LogP contribution >= 0.6 is 0 Å². The van der Waals surface area contributed by atoms with Gasteiger partial charge in [-0.2, -0.15) is 15.0 Å². The highest BCUT2D eigenvalue weighted by molar-refractivity contribution is 5.38. The molecule has 184 valence electrons. The van der Waals surface area contributed by atoms with E-state index in [9.17, 15) is 0 Å². The standard InChI is InChI=1S/C24H45N5O3/c1-5-8-15-30-18-28(4)23-25-22(21-13-11-12-14-21)26-24(27-23)29(19-31-16-9-6-2)20-32-17-10-7-3/h21H,5-20H2,1-4H3. The van der Waals surface area contributed by atoms with Gasteiger partial charge >= 0.3 is 0 Å². The van der Waals surface area contributed by atoms with Crippen molar-refractivity contribution in [3.8, 4) is 0 Å². The Kier molecular flexibility index (Phi) is 13.5. The van der Waals surface area contributed by atoms with E-state index < -0.39 is 0 Å². The molecule has 0 saturated heterocycles. The van der Waals surface area contributed by atoms with E-state index in [2.05, 4.69) is 20.8 Å². The number of unbranched alkanes of at least 4 members (excludes halogenated alkanes) is 3. The first-order valence-corrected chi connectivity index (χ1v) is 12.6. The molecule has 0 aromatic carbocycles. The van der Waals surface area contributed by atoms with Crippen molar-refractivity contribution in [3.05, 3.63) is 5.82 Å². The van der Waals surface area contributed by atoms with E-state index in [-0.39, 0.29) is 0 Å². The summed E-state index contributed by atoms with van der Waals surface area (Å²) in [7, 11) is 1.98. The van der Waals surface area contributed by atoms with Crippen LogP contribution in [0, 0.1) is 0 Å². The molecule has 0 atom stereocenters. The molecular weight excluding hydrogens is 406 g/mol. The minimum Gasteiger partial charge on any atom is -0.361 e. The van der Waals surface area contributed by atoms with Crippen molar-refractivity contribution >= 4 is 11.9 Å². The summed E-state index contributed by atoms with van der Waals surface area (Å²) in [5, 5.41) is 0.